The van der Waals surface area contributed by atoms with Gasteiger partial charge in [0.05, 0.1) is 0 Å². The first-order chi connectivity index (χ1) is 7.33. The van der Waals surface area contributed by atoms with Gasteiger partial charge in [0.25, 0.3) is 0 Å². The molecule has 0 radical (unpaired) electrons. The molecule has 1 spiro atoms. The lowest BCUT2D eigenvalue weighted by molar-refractivity contribution is 0.163. The van der Waals surface area contributed by atoms with Gasteiger partial charge in [-0.25, -0.2) is 0 Å². The minimum Gasteiger partial charge on any atom is -0.312 e. The fraction of sp³-hybridized carbons (Fsp3) is 1.00. The lowest BCUT2D eigenvalue weighted by Crippen LogP contribution is -2.38. The van der Waals surface area contributed by atoms with Crippen molar-refractivity contribution in [3.63, 3.8) is 0 Å². The quantitative estimate of drug-likeness (QED) is 0.750. The third-order valence-electron chi connectivity index (χ3n) is 5.00. The minimum absolute atomic E-state index is 0.287. The summed E-state index contributed by atoms with van der Waals surface area (Å²) in [6.07, 6.45) is 5.91. The summed E-state index contributed by atoms with van der Waals surface area (Å²) in [6.45, 7) is 13.0. The Morgan fingerprint density at radius 1 is 1.25 bits per heavy atom. The summed E-state index contributed by atoms with van der Waals surface area (Å²) in [5.41, 5.74) is 1.03. The summed E-state index contributed by atoms with van der Waals surface area (Å²) in [5.74, 6) is 2.90. The summed E-state index contributed by atoms with van der Waals surface area (Å²) in [5, 5.41) is 3.69. The molecule has 2 fully saturated rings. The van der Waals surface area contributed by atoms with Crippen LogP contribution in [0, 0.1) is 23.2 Å². The molecule has 0 amide bonds. The zero-order valence-corrected chi connectivity index (χ0v) is 11.8. The second-order valence-corrected chi connectivity index (χ2v) is 7.55. The molecule has 0 aromatic heterocycles. The van der Waals surface area contributed by atoms with Crippen LogP contribution in [0.15, 0.2) is 0 Å². The zero-order chi connectivity index (χ0) is 12.0. The van der Waals surface area contributed by atoms with Gasteiger partial charge >= 0.3 is 0 Å². The van der Waals surface area contributed by atoms with Crippen molar-refractivity contribution in [3.8, 4) is 0 Å². The van der Waals surface area contributed by atoms with E-state index in [9.17, 15) is 0 Å². The molecule has 1 N–H and O–H groups in total. The van der Waals surface area contributed by atoms with E-state index in [2.05, 4.69) is 39.9 Å². The van der Waals surface area contributed by atoms with Gasteiger partial charge in [-0.05, 0) is 69.7 Å². The number of rotatable bonds is 2. The van der Waals surface area contributed by atoms with Gasteiger partial charge < -0.3 is 5.32 Å². The van der Waals surface area contributed by atoms with Crippen molar-refractivity contribution >= 4 is 0 Å². The Morgan fingerprint density at radius 2 is 1.94 bits per heavy atom. The van der Waals surface area contributed by atoms with Crippen LogP contribution in [0.25, 0.3) is 0 Å². The molecule has 0 heterocycles. The van der Waals surface area contributed by atoms with Crippen LogP contribution >= 0.6 is 0 Å². The smallest absolute Gasteiger partial charge is 0.00966 e. The van der Waals surface area contributed by atoms with Crippen molar-refractivity contribution in [1.82, 2.24) is 5.32 Å². The highest BCUT2D eigenvalue weighted by molar-refractivity contribution is 5.08. The number of hydrogen-bond acceptors (Lipinski definition) is 1. The molecule has 4 unspecified atom stereocenters. The van der Waals surface area contributed by atoms with Crippen LogP contribution in [0.3, 0.4) is 0 Å². The van der Waals surface area contributed by atoms with Crippen LogP contribution in [-0.4, -0.2) is 12.1 Å². The largest absolute Gasteiger partial charge is 0.312 e. The maximum Gasteiger partial charge on any atom is 0.00966 e. The van der Waals surface area contributed by atoms with Crippen LogP contribution in [0.2, 0.25) is 0 Å². The molecule has 16 heavy (non-hydrogen) atoms. The Kier molecular flexibility index (Phi) is 3.11. The van der Waals surface area contributed by atoms with Crippen molar-refractivity contribution < 1.29 is 0 Å². The van der Waals surface area contributed by atoms with E-state index in [0.717, 1.165) is 23.2 Å². The molecule has 2 aliphatic carbocycles. The third-order valence-corrected chi connectivity index (χ3v) is 5.00. The van der Waals surface area contributed by atoms with E-state index in [0.29, 0.717) is 0 Å². The van der Waals surface area contributed by atoms with E-state index < -0.39 is 0 Å². The van der Waals surface area contributed by atoms with Crippen LogP contribution < -0.4 is 5.32 Å². The van der Waals surface area contributed by atoms with Gasteiger partial charge in [0, 0.05) is 5.54 Å². The van der Waals surface area contributed by atoms with Crippen molar-refractivity contribution in [1.29, 1.82) is 0 Å². The average molecular weight is 223 g/mol. The normalized spacial score (nSPS) is 43.7. The Labute approximate surface area is 101 Å². The van der Waals surface area contributed by atoms with Gasteiger partial charge in [0.2, 0.25) is 0 Å². The second kappa shape index (κ2) is 4.01. The maximum atomic E-state index is 3.69. The fourth-order valence-electron chi connectivity index (χ4n) is 3.73. The van der Waals surface area contributed by atoms with Crippen molar-refractivity contribution in [3.05, 3.63) is 0 Å². The lowest BCUT2D eigenvalue weighted by Gasteiger charge is -2.34. The fourth-order valence-corrected chi connectivity index (χ4v) is 3.73. The first kappa shape index (κ1) is 12.4. The maximum absolute atomic E-state index is 3.69. The van der Waals surface area contributed by atoms with Crippen LogP contribution in [0.1, 0.15) is 60.3 Å². The predicted octanol–water partition coefficient (Wildman–Crippen LogP) is 3.84. The standard InChI is InChI=1S/C15H29N/c1-11-6-7-15(12(2)8-11)9-13(15)10-16-14(3,4)5/h11-13,16H,6-10H2,1-5H3. The van der Waals surface area contributed by atoms with Gasteiger partial charge in [-0.15, -0.1) is 0 Å². The first-order valence-corrected chi connectivity index (χ1v) is 7.08. The molecule has 0 aromatic rings. The van der Waals surface area contributed by atoms with Crippen LogP contribution in [0.4, 0.5) is 0 Å². The summed E-state index contributed by atoms with van der Waals surface area (Å²) < 4.78 is 0. The predicted molar refractivity (Wildman–Crippen MR) is 70.5 cm³/mol. The molecular weight excluding hydrogens is 194 g/mol. The monoisotopic (exact) mass is 223 g/mol. The summed E-state index contributed by atoms with van der Waals surface area (Å²) in [7, 11) is 0. The number of nitrogens with one attached hydrogen (secondary N) is 1. The molecule has 1 heteroatoms. The molecule has 4 atom stereocenters. The SMILES string of the molecule is CC1CCC2(CC2CNC(C)(C)C)C(C)C1. The molecule has 0 saturated heterocycles. The first-order valence-electron chi connectivity index (χ1n) is 7.08. The van der Waals surface area contributed by atoms with Gasteiger partial charge in [-0.3, -0.25) is 0 Å². The molecule has 0 aromatic carbocycles. The molecule has 0 bridgehead atoms. The molecule has 2 aliphatic rings. The summed E-state index contributed by atoms with van der Waals surface area (Å²) in [6, 6.07) is 0. The highest BCUT2D eigenvalue weighted by Gasteiger charge is 2.57. The summed E-state index contributed by atoms with van der Waals surface area (Å²) >= 11 is 0. The Hall–Kier alpha value is -0.0400. The highest BCUT2D eigenvalue weighted by Crippen LogP contribution is 2.64. The van der Waals surface area contributed by atoms with Crippen LogP contribution in [-0.2, 0) is 0 Å². The minimum atomic E-state index is 0.287. The Balaban J connectivity index is 1.84. The summed E-state index contributed by atoms with van der Waals surface area (Å²) in [4.78, 5) is 0. The van der Waals surface area contributed by atoms with Crippen molar-refractivity contribution in [2.45, 2.75) is 65.8 Å². The Bertz CT molecular complexity index is 253. The molecule has 1 nitrogen and oxygen atoms in total. The lowest BCUT2D eigenvalue weighted by atomic mass is 9.72. The van der Waals surface area contributed by atoms with Gasteiger partial charge in [0.1, 0.15) is 0 Å². The molecular formula is C15H29N. The van der Waals surface area contributed by atoms with Gasteiger partial charge in [-0.1, -0.05) is 20.3 Å². The van der Waals surface area contributed by atoms with E-state index >= 15 is 0 Å². The molecule has 0 aliphatic heterocycles. The second-order valence-electron chi connectivity index (χ2n) is 7.55. The topological polar surface area (TPSA) is 12.0 Å². The van der Waals surface area contributed by atoms with Gasteiger partial charge in [0.15, 0.2) is 0 Å². The zero-order valence-electron chi connectivity index (χ0n) is 11.8. The Morgan fingerprint density at radius 3 is 2.50 bits per heavy atom. The van der Waals surface area contributed by atoms with Crippen molar-refractivity contribution in [2.75, 3.05) is 6.54 Å². The molecule has 94 valence electrons. The third kappa shape index (κ3) is 2.45. The van der Waals surface area contributed by atoms with E-state index in [4.69, 9.17) is 0 Å². The highest BCUT2D eigenvalue weighted by atomic mass is 15.0. The van der Waals surface area contributed by atoms with E-state index in [1.54, 1.807) is 0 Å². The molecule has 2 rings (SSSR count). The van der Waals surface area contributed by atoms with E-state index in [1.807, 2.05) is 0 Å². The van der Waals surface area contributed by atoms with E-state index in [1.165, 1.54) is 32.2 Å². The van der Waals surface area contributed by atoms with E-state index in [-0.39, 0.29) is 5.54 Å². The number of hydrogen-bond donors (Lipinski definition) is 1. The molecule has 2 saturated carbocycles. The average Bonchev–Trinajstić information content (AvgIpc) is 2.84. The van der Waals surface area contributed by atoms with Crippen LogP contribution in [0.5, 0.6) is 0 Å². The van der Waals surface area contributed by atoms with Crippen molar-refractivity contribution in [2.24, 2.45) is 23.2 Å². The van der Waals surface area contributed by atoms with Gasteiger partial charge in [-0.2, -0.15) is 0 Å².